The number of carbonyl (C=O) groups is 1. The molecule has 0 saturated carbocycles. The number of esters is 1. The van der Waals surface area contributed by atoms with E-state index in [9.17, 15) is 4.79 Å². The lowest BCUT2D eigenvalue weighted by atomic mass is 9.90. The quantitative estimate of drug-likeness (QED) is 0.621. The molecule has 2 aliphatic rings. The van der Waals surface area contributed by atoms with E-state index in [-0.39, 0.29) is 5.97 Å². The number of methoxy groups -OCH3 is 3. The van der Waals surface area contributed by atoms with Crippen molar-refractivity contribution in [3.63, 3.8) is 0 Å². The normalized spacial score (nSPS) is 17.3. The second-order valence-corrected chi connectivity index (χ2v) is 5.97. The Balaban J connectivity index is 2.11. The van der Waals surface area contributed by atoms with Gasteiger partial charge in [0.05, 0.1) is 21.3 Å². The monoisotopic (exact) mass is 341 g/mol. The highest BCUT2D eigenvalue weighted by Gasteiger charge is 2.26. The SMILES string of the molecule is CCC1=CN2CCc3cc(OC)c(OC)cc3C2=CC1=CC(=O)OC. The summed E-state index contributed by atoms with van der Waals surface area (Å²) in [6.45, 7) is 2.98. The summed E-state index contributed by atoms with van der Waals surface area (Å²) in [6.07, 6.45) is 7.51. The molecule has 0 spiro atoms. The number of carbonyl (C=O) groups excluding carboxylic acids is 1. The van der Waals surface area contributed by atoms with Crippen LogP contribution in [0.5, 0.6) is 11.5 Å². The summed E-state index contributed by atoms with van der Waals surface area (Å²) in [5.74, 6) is 1.09. The maximum Gasteiger partial charge on any atom is 0.331 e. The van der Waals surface area contributed by atoms with Crippen LogP contribution in [-0.4, -0.2) is 38.7 Å². The van der Waals surface area contributed by atoms with Gasteiger partial charge in [0.2, 0.25) is 0 Å². The van der Waals surface area contributed by atoms with Gasteiger partial charge in [-0.2, -0.15) is 0 Å². The van der Waals surface area contributed by atoms with E-state index >= 15 is 0 Å². The van der Waals surface area contributed by atoms with Crippen LogP contribution in [0.25, 0.3) is 5.70 Å². The molecule has 2 aliphatic heterocycles. The number of fused-ring (bicyclic) bond motifs is 3. The largest absolute Gasteiger partial charge is 0.493 e. The first-order chi connectivity index (χ1) is 12.1. The van der Waals surface area contributed by atoms with Crippen LogP contribution in [0.1, 0.15) is 24.5 Å². The van der Waals surface area contributed by atoms with Crippen LogP contribution in [0.3, 0.4) is 0 Å². The van der Waals surface area contributed by atoms with Crippen molar-refractivity contribution in [2.45, 2.75) is 19.8 Å². The van der Waals surface area contributed by atoms with Crippen LogP contribution in [-0.2, 0) is 16.0 Å². The summed E-state index contributed by atoms with van der Waals surface area (Å²) in [7, 11) is 4.68. The molecule has 25 heavy (non-hydrogen) atoms. The number of benzene rings is 1. The lowest BCUT2D eigenvalue weighted by Gasteiger charge is -2.35. The Morgan fingerprint density at radius 2 is 1.92 bits per heavy atom. The molecular weight excluding hydrogens is 318 g/mol. The Morgan fingerprint density at radius 1 is 1.20 bits per heavy atom. The molecule has 132 valence electrons. The minimum absolute atomic E-state index is 0.344. The van der Waals surface area contributed by atoms with Gasteiger partial charge < -0.3 is 19.1 Å². The average molecular weight is 341 g/mol. The van der Waals surface area contributed by atoms with E-state index in [0.717, 1.165) is 47.5 Å². The van der Waals surface area contributed by atoms with Crippen molar-refractivity contribution in [1.29, 1.82) is 0 Å². The molecule has 0 amide bonds. The molecule has 0 atom stereocenters. The van der Waals surface area contributed by atoms with Crippen molar-refractivity contribution in [2.24, 2.45) is 0 Å². The fourth-order valence-electron chi connectivity index (χ4n) is 3.30. The summed E-state index contributed by atoms with van der Waals surface area (Å²) < 4.78 is 15.7. The van der Waals surface area contributed by atoms with Crippen molar-refractivity contribution in [3.8, 4) is 11.5 Å². The van der Waals surface area contributed by atoms with Gasteiger partial charge >= 0.3 is 5.97 Å². The first-order valence-corrected chi connectivity index (χ1v) is 8.35. The summed E-state index contributed by atoms with van der Waals surface area (Å²) in [5.41, 5.74) is 5.40. The number of hydrogen-bond acceptors (Lipinski definition) is 5. The maximum atomic E-state index is 11.7. The predicted octanol–water partition coefficient (Wildman–Crippen LogP) is 3.31. The molecule has 0 aliphatic carbocycles. The van der Waals surface area contributed by atoms with Crippen LogP contribution in [0, 0.1) is 0 Å². The van der Waals surface area contributed by atoms with Crippen molar-refractivity contribution in [2.75, 3.05) is 27.9 Å². The summed E-state index contributed by atoms with van der Waals surface area (Å²) in [4.78, 5) is 14.0. The van der Waals surface area contributed by atoms with Gasteiger partial charge in [-0.3, -0.25) is 0 Å². The highest BCUT2D eigenvalue weighted by molar-refractivity contribution is 5.86. The minimum atomic E-state index is -0.344. The summed E-state index contributed by atoms with van der Waals surface area (Å²) in [5, 5.41) is 0. The molecule has 0 saturated heterocycles. The average Bonchev–Trinajstić information content (AvgIpc) is 2.65. The summed E-state index contributed by atoms with van der Waals surface area (Å²) in [6, 6.07) is 4.04. The molecular formula is C20H23NO4. The third kappa shape index (κ3) is 3.14. The second-order valence-electron chi connectivity index (χ2n) is 5.97. The highest BCUT2D eigenvalue weighted by Crippen LogP contribution is 2.40. The molecule has 0 aromatic heterocycles. The van der Waals surface area contributed by atoms with Gasteiger partial charge in [-0.15, -0.1) is 0 Å². The molecule has 0 fully saturated rings. The van der Waals surface area contributed by atoms with E-state index < -0.39 is 0 Å². The number of allylic oxidation sites excluding steroid dienone is 3. The fourth-order valence-corrected chi connectivity index (χ4v) is 3.30. The first-order valence-electron chi connectivity index (χ1n) is 8.35. The van der Waals surface area contributed by atoms with E-state index in [1.165, 1.54) is 12.7 Å². The van der Waals surface area contributed by atoms with Crippen molar-refractivity contribution >= 4 is 11.7 Å². The van der Waals surface area contributed by atoms with Crippen molar-refractivity contribution in [3.05, 3.63) is 52.8 Å². The van der Waals surface area contributed by atoms with Crippen LogP contribution in [0.15, 0.2) is 41.6 Å². The Hall–Kier alpha value is -2.69. The Bertz CT molecular complexity index is 789. The summed E-state index contributed by atoms with van der Waals surface area (Å²) >= 11 is 0. The standard InChI is InChI=1S/C20H23NO4/c1-5-13-12-21-7-6-14-9-18(23-2)19(24-3)11-16(14)17(21)8-15(13)10-20(22)25-4/h8-12H,5-7H2,1-4H3. The zero-order chi connectivity index (χ0) is 18.0. The van der Waals surface area contributed by atoms with Crippen LogP contribution < -0.4 is 9.47 Å². The third-order valence-electron chi connectivity index (χ3n) is 4.65. The van der Waals surface area contributed by atoms with Crippen molar-refractivity contribution < 1.29 is 19.0 Å². The number of rotatable bonds is 4. The first kappa shape index (κ1) is 17.1. The van der Waals surface area contributed by atoms with Gasteiger partial charge in [-0.1, -0.05) is 6.92 Å². The number of nitrogens with zero attached hydrogens (tertiary/aromatic N) is 1. The lowest BCUT2D eigenvalue weighted by Crippen LogP contribution is -2.27. The molecule has 5 nitrogen and oxygen atoms in total. The van der Waals surface area contributed by atoms with Gasteiger partial charge in [0.1, 0.15) is 0 Å². The molecule has 2 heterocycles. The van der Waals surface area contributed by atoms with E-state index in [4.69, 9.17) is 14.2 Å². The van der Waals surface area contributed by atoms with Gasteiger partial charge in [-0.25, -0.2) is 4.79 Å². The smallest absolute Gasteiger partial charge is 0.331 e. The Kier molecular flexibility index (Phi) is 4.83. The van der Waals surface area contributed by atoms with Crippen molar-refractivity contribution in [1.82, 2.24) is 4.90 Å². The van der Waals surface area contributed by atoms with Gasteiger partial charge in [0.15, 0.2) is 11.5 Å². The fraction of sp³-hybridized carbons (Fsp3) is 0.350. The van der Waals surface area contributed by atoms with Crippen LogP contribution >= 0.6 is 0 Å². The maximum absolute atomic E-state index is 11.7. The van der Waals surface area contributed by atoms with Crippen LogP contribution in [0.4, 0.5) is 0 Å². The van der Waals surface area contributed by atoms with Gasteiger partial charge in [0, 0.05) is 30.1 Å². The molecule has 0 N–H and O–H groups in total. The zero-order valence-electron chi connectivity index (χ0n) is 15.1. The van der Waals surface area contributed by atoms with Crippen LogP contribution in [0.2, 0.25) is 0 Å². The van der Waals surface area contributed by atoms with E-state index in [2.05, 4.69) is 24.1 Å². The molecule has 1 aromatic rings. The van der Waals surface area contributed by atoms with E-state index in [1.807, 2.05) is 12.1 Å². The molecule has 3 rings (SSSR count). The molecule has 0 radical (unpaired) electrons. The minimum Gasteiger partial charge on any atom is -0.493 e. The van der Waals surface area contributed by atoms with E-state index in [1.54, 1.807) is 20.3 Å². The van der Waals surface area contributed by atoms with E-state index in [0.29, 0.717) is 5.75 Å². The second kappa shape index (κ2) is 7.05. The lowest BCUT2D eigenvalue weighted by molar-refractivity contribution is -0.134. The third-order valence-corrected chi connectivity index (χ3v) is 4.65. The molecule has 1 aromatic carbocycles. The number of hydrogen-bond donors (Lipinski definition) is 0. The molecule has 5 heteroatoms. The number of ether oxygens (including phenoxy) is 3. The van der Waals surface area contributed by atoms with Gasteiger partial charge in [-0.05, 0) is 47.8 Å². The topological polar surface area (TPSA) is 48.0 Å². The predicted molar refractivity (Wildman–Crippen MR) is 96.4 cm³/mol. The highest BCUT2D eigenvalue weighted by atomic mass is 16.5. The molecule has 0 bridgehead atoms. The van der Waals surface area contributed by atoms with Gasteiger partial charge in [0.25, 0.3) is 0 Å². The Morgan fingerprint density at radius 3 is 2.56 bits per heavy atom. The molecule has 0 unspecified atom stereocenters. The Labute approximate surface area is 148 Å². The zero-order valence-corrected chi connectivity index (χ0v) is 15.1.